The van der Waals surface area contributed by atoms with Crippen molar-refractivity contribution >= 4 is 15.7 Å². The van der Waals surface area contributed by atoms with Crippen LogP contribution in [0.4, 0.5) is 4.39 Å². The highest BCUT2D eigenvalue weighted by Crippen LogP contribution is 2.26. The van der Waals surface area contributed by atoms with Crippen LogP contribution in [-0.4, -0.2) is 43.4 Å². The molecule has 5 nitrogen and oxygen atoms in total. The van der Waals surface area contributed by atoms with Gasteiger partial charge in [0.2, 0.25) is 0 Å². The predicted octanol–water partition coefficient (Wildman–Crippen LogP) is 3.83. The average Bonchev–Trinajstić information content (AvgIpc) is 3.06. The van der Waals surface area contributed by atoms with Gasteiger partial charge in [0, 0.05) is 12.6 Å². The first-order chi connectivity index (χ1) is 13.9. The number of nitrogens with zero attached hydrogens (tertiary/aromatic N) is 1. The van der Waals surface area contributed by atoms with E-state index in [4.69, 9.17) is 4.74 Å². The number of ether oxygens (including phenoxy) is 1. The highest BCUT2D eigenvalue weighted by atomic mass is 32.2. The van der Waals surface area contributed by atoms with Crippen LogP contribution in [0.2, 0.25) is 0 Å². The van der Waals surface area contributed by atoms with E-state index in [9.17, 15) is 17.6 Å². The van der Waals surface area contributed by atoms with Crippen LogP contribution >= 0.6 is 0 Å². The molecule has 1 fully saturated rings. The fourth-order valence-corrected chi connectivity index (χ4v) is 5.20. The fraction of sp³-hybridized carbons (Fsp3) is 0.409. The zero-order valence-electron chi connectivity index (χ0n) is 16.5. The van der Waals surface area contributed by atoms with Crippen molar-refractivity contribution in [1.29, 1.82) is 0 Å². The summed E-state index contributed by atoms with van der Waals surface area (Å²) in [5.41, 5.74) is 1.01. The van der Waals surface area contributed by atoms with E-state index in [2.05, 4.69) is 6.92 Å². The highest BCUT2D eigenvalue weighted by Gasteiger charge is 2.35. The molecule has 0 bridgehead atoms. The standard InChI is InChI=1S/C22H26FNO4S/c1-2-3-12-28-21-10-5-4-9-20(21)22(25)24(19-11-13-29(26,27)16-19)15-17-7-6-8-18(23)14-17/h4-10,14,19H,2-3,11-13,15-16H2,1H3/t19-/m1/s1. The van der Waals surface area contributed by atoms with Gasteiger partial charge in [0.1, 0.15) is 11.6 Å². The van der Waals surface area contributed by atoms with Gasteiger partial charge < -0.3 is 9.64 Å². The zero-order valence-corrected chi connectivity index (χ0v) is 17.3. The van der Waals surface area contributed by atoms with Crippen LogP contribution in [0.15, 0.2) is 48.5 Å². The van der Waals surface area contributed by atoms with Crippen LogP contribution in [0.25, 0.3) is 0 Å². The van der Waals surface area contributed by atoms with Crippen molar-refractivity contribution in [3.63, 3.8) is 0 Å². The summed E-state index contributed by atoms with van der Waals surface area (Å²) in [6, 6.07) is 12.6. The molecule has 1 saturated heterocycles. The number of sulfone groups is 1. The van der Waals surface area contributed by atoms with Gasteiger partial charge >= 0.3 is 0 Å². The number of carbonyl (C=O) groups excluding carboxylic acids is 1. The molecule has 0 saturated carbocycles. The predicted molar refractivity (Wildman–Crippen MR) is 110 cm³/mol. The summed E-state index contributed by atoms with van der Waals surface area (Å²) in [6.07, 6.45) is 2.22. The lowest BCUT2D eigenvalue weighted by Gasteiger charge is -2.29. The van der Waals surface area contributed by atoms with Gasteiger partial charge in [-0.15, -0.1) is 0 Å². The van der Waals surface area contributed by atoms with Crippen molar-refractivity contribution in [3.8, 4) is 5.75 Å². The molecule has 1 aliphatic rings. The second kappa shape index (κ2) is 9.39. The average molecular weight is 420 g/mol. The first-order valence-electron chi connectivity index (χ1n) is 9.87. The monoisotopic (exact) mass is 419 g/mol. The third kappa shape index (κ3) is 5.56. The smallest absolute Gasteiger partial charge is 0.258 e. The lowest BCUT2D eigenvalue weighted by molar-refractivity contribution is 0.0676. The van der Waals surface area contributed by atoms with Gasteiger partial charge in [-0.3, -0.25) is 4.79 Å². The molecule has 0 aromatic heterocycles. The van der Waals surface area contributed by atoms with Crippen LogP contribution in [0.1, 0.15) is 42.1 Å². The van der Waals surface area contributed by atoms with Gasteiger partial charge in [0.05, 0.1) is 23.7 Å². The number of unbranched alkanes of at least 4 members (excludes halogenated alkanes) is 1. The Labute approximate surface area is 171 Å². The van der Waals surface area contributed by atoms with Crippen molar-refractivity contribution < 1.29 is 22.3 Å². The lowest BCUT2D eigenvalue weighted by atomic mass is 10.1. The molecule has 0 N–H and O–H groups in total. The van der Waals surface area contributed by atoms with Crippen molar-refractivity contribution in [1.82, 2.24) is 4.90 Å². The summed E-state index contributed by atoms with van der Waals surface area (Å²) in [6.45, 7) is 2.70. The summed E-state index contributed by atoms with van der Waals surface area (Å²) in [7, 11) is -3.18. The molecule has 0 aliphatic carbocycles. The molecular formula is C22H26FNO4S. The number of hydrogen-bond donors (Lipinski definition) is 0. The quantitative estimate of drug-likeness (QED) is 0.610. The van der Waals surface area contributed by atoms with E-state index in [1.54, 1.807) is 41.3 Å². The van der Waals surface area contributed by atoms with Gasteiger partial charge in [0.15, 0.2) is 9.84 Å². The van der Waals surface area contributed by atoms with E-state index in [-0.39, 0.29) is 24.0 Å². The molecule has 1 atom stereocenters. The highest BCUT2D eigenvalue weighted by molar-refractivity contribution is 7.91. The topological polar surface area (TPSA) is 63.7 Å². The van der Waals surface area contributed by atoms with E-state index in [0.717, 1.165) is 12.8 Å². The molecule has 1 amide bonds. The van der Waals surface area contributed by atoms with E-state index < -0.39 is 21.7 Å². The Kier molecular flexibility index (Phi) is 6.90. The van der Waals surface area contributed by atoms with Crippen molar-refractivity contribution in [2.75, 3.05) is 18.1 Å². The summed E-state index contributed by atoms with van der Waals surface area (Å²) >= 11 is 0. The second-order valence-corrected chi connectivity index (χ2v) is 9.55. The third-order valence-electron chi connectivity index (χ3n) is 5.02. The minimum absolute atomic E-state index is 0.0548. The molecule has 1 heterocycles. The maximum Gasteiger partial charge on any atom is 0.258 e. The van der Waals surface area contributed by atoms with Crippen LogP contribution in [0.3, 0.4) is 0 Å². The number of para-hydroxylation sites is 1. The van der Waals surface area contributed by atoms with E-state index in [1.807, 2.05) is 0 Å². The SMILES string of the molecule is CCCCOc1ccccc1C(=O)N(Cc1cccc(F)c1)[C@@H]1CCS(=O)(=O)C1. The van der Waals surface area contributed by atoms with E-state index in [1.165, 1.54) is 12.1 Å². The van der Waals surface area contributed by atoms with Gasteiger partial charge in [-0.25, -0.2) is 12.8 Å². The first-order valence-corrected chi connectivity index (χ1v) is 11.7. The normalized spacial score (nSPS) is 17.8. The number of benzene rings is 2. The minimum Gasteiger partial charge on any atom is -0.493 e. The minimum atomic E-state index is -3.18. The van der Waals surface area contributed by atoms with Crippen LogP contribution in [0.5, 0.6) is 5.75 Å². The van der Waals surface area contributed by atoms with Crippen molar-refractivity contribution in [3.05, 3.63) is 65.5 Å². The Morgan fingerprint density at radius 2 is 2.00 bits per heavy atom. The van der Waals surface area contributed by atoms with Crippen molar-refractivity contribution in [2.24, 2.45) is 0 Å². The maximum atomic E-state index is 13.7. The third-order valence-corrected chi connectivity index (χ3v) is 6.78. The molecule has 2 aromatic carbocycles. The summed E-state index contributed by atoms with van der Waals surface area (Å²) in [5.74, 6) is -0.233. The molecule has 1 aliphatic heterocycles. The molecule has 0 spiro atoms. The largest absolute Gasteiger partial charge is 0.493 e. The van der Waals surface area contributed by atoms with E-state index >= 15 is 0 Å². The number of amides is 1. The Morgan fingerprint density at radius 1 is 1.21 bits per heavy atom. The number of rotatable bonds is 8. The van der Waals surface area contributed by atoms with Crippen LogP contribution in [0, 0.1) is 5.82 Å². The fourth-order valence-electron chi connectivity index (χ4n) is 3.47. The maximum absolute atomic E-state index is 13.7. The molecule has 156 valence electrons. The first kappa shape index (κ1) is 21.3. The summed E-state index contributed by atoms with van der Waals surface area (Å²) < 4.78 is 43.5. The molecular weight excluding hydrogens is 393 g/mol. The van der Waals surface area contributed by atoms with Crippen LogP contribution < -0.4 is 4.74 Å². The number of carbonyl (C=O) groups is 1. The van der Waals surface area contributed by atoms with Gasteiger partial charge in [-0.05, 0) is 42.7 Å². The molecule has 29 heavy (non-hydrogen) atoms. The Morgan fingerprint density at radius 3 is 2.69 bits per heavy atom. The van der Waals surface area contributed by atoms with Crippen molar-refractivity contribution in [2.45, 2.75) is 38.8 Å². The summed E-state index contributed by atoms with van der Waals surface area (Å²) in [5, 5.41) is 0. The van der Waals surface area contributed by atoms with Crippen LogP contribution in [-0.2, 0) is 16.4 Å². The van der Waals surface area contributed by atoms with E-state index in [0.29, 0.717) is 29.9 Å². The Bertz CT molecular complexity index is 961. The summed E-state index contributed by atoms with van der Waals surface area (Å²) in [4.78, 5) is 15.0. The number of hydrogen-bond acceptors (Lipinski definition) is 4. The molecule has 7 heteroatoms. The molecule has 2 aromatic rings. The molecule has 0 unspecified atom stereocenters. The number of halogens is 1. The lowest BCUT2D eigenvalue weighted by Crippen LogP contribution is -2.40. The Balaban J connectivity index is 1.90. The Hall–Kier alpha value is -2.41. The molecule has 3 rings (SSSR count). The van der Waals surface area contributed by atoms with Gasteiger partial charge in [-0.2, -0.15) is 0 Å². The molecule has 0 radical (unpaired) electrons. The van der Waals surface area contributed by atoms with Gasteiger partial charge in [0.25, 0.3) is 5.91 Å². The van der Waals surface area contributed by atoms with Gasteiger partial charge in [-0.1, -0.05) is 37.6 Å². The second-order valence-electron chi connectivity index (χ2n) is 7.32. The zero-order chi connectivity index (χ0) is 20.9.